The molecule has 5 aromatic rings. The molecular formula is C32H24O10. The van der Waals surface area contributed by atoms with Gasteiger partial charge < -0.3 is 39.1 Å². The summed E-state index contributed by atoms with van der Waals surface area (Å²) in [4.78, 5) is 26.2. The SMILES string of the molecule is COc1cc(O)c2c(c1)O[C@H](c1ccc(O)c(-c3c(OC)cc(O)c4c(=O)cc(-c5ccc(O)cc5)oc34)c1)CC2=O. The molecule has 1 aromatic heterocycles. The summed E-state index contributed by atoms with van der Waals surface area (Å²) in [6.45, 7) is 0. The molecule has 0 saturated carbocycles. The van der Waals surface area contributed by atoms with E-state index in [1.54, 1.807) is 24.3 Å². The molecule has 0 aliphatic carbocycles. The summed E-state index contributed by atoms with van der Waals surface area (Å²) in [7, 11) is 2.79. The smallest absolute Gasteiger partial charge is 0.197 e. The summed E-state index contributed by atoms with van der Waals surface area (Å²) < 4.78 is 23.0. The van der Waals surface area contributed by atoms with Crippen LogP contribution < -0.4 is 19.6 Å². The van der Waals surface area contributed by atoms with Crippen LogP contribution in [0.4, 0.5) is 0 Å². The predicted molar refractivity (Wildman–Crippen MR) is 152 cm³/mol. The van der Waals surface area contributed by atoms with Crippen molar-refractivity contribution in [3.63, 3.8) is 0 Å². The van der Waals surface area contributed by atoms with Crippen LogP contribution in [0.2, 0.25) is 0 Å². The molecule has 4 N–H and O–H groups in total. The molecule has 212 valence electrons. The van der Waals surface area contributed by atoms with Gasteiger partial charge in [-0.05, 0) is 42.0 Å². The maximum atomic E-state index is 13.2. The van der Waals surface area contributed by atoms with Gasteiger partial charge in [0, 0.05) is 35.4 Å². The lowest BCUT2D eigenvalue weighted by atomic mass is 9.92. The van der Waals surface area contributed by atoms with E-state index in [1.165, 1.54) is 56.7 Å². The second-order valence-electron chi connectivity index (χ2n) is 9.73. The lowest BCUT2D eigenvalue weighted by Crippen LogP contribution is -2.20. The molecule has 0 spiro atoms. The molecule has 1 aliphatic heterocycles. The third-order valence-electron chi connectivity index (χ3n) is 7.19. The van der Waals surface area contributed by atoms with Gasteiger partial charge in [0.05, 0.1) is 26.2 Å². The van der Waals surface area contributed by atoms with Gasteiger partial charge in [-0.15, -0.1) is 0 Å². The first-order valence-corrected chi connectivity index (χ1v) is 12.8. The maximum Gasteiger partial charge on any atom is 0.197 e. The number of ketones is 1. The Hall–Kier alpha value is -5.64. The molecule has 0 radical (unpaired) electrons. The summed E-state index contributed by atoms with van der Waals surface area (Å²) in [6, 6.07) is 15.9. The van der Waals surface area contributed by atoms with Crippen molar-refractivity contribution in [1.29, 1.82) is 0 Å². The Morgan fingerprint density at radius 2 is 1.55 bits per heavy atom. The first-order valence-electron chi connectivity index (χ1n) is 12.8. The summed E-state index contributed by atoms with van der Waals surface area (Å²) >= 11 is 0. The Morgan fingerprint density at radius 1 is 0.786 bits per heavy atom. The number of phenols is 4. The van der Waals surface area contributed by atoms with E-state index in [1.807, 2.05) is 0 Å². The van der Waals surface area contributed by atoms with Gasteiger partial charge in [-0.25, -0.2) is 0 Å². The highest BCUT2D eigenvalue weighted by molar-refractivity contribution is 6.03. The summed E-state index contributed by atoms with van der Waals surface area (Å²) in [5.74, 6) is -0.397. The number of methoxy groups -OCH3 is 2. The van der Waals surface area contributed by atoms with Gasteiger partial charge in [-0.3, -0.25) is 9.59 Å². The molecule has 0 unspecified atom stereocenters. The Bertz CT molecular complexity index is 1940. The highest BCUT2D eigenvalue weighted by Crippen LogP contribution is 2.47. The minimum atomic E-state index is -0.787. The van der Waals surface area contributed by atoms with Gasteiger partial charge in [0.2, 0.25) is 0 Å². The van der Waals surface area contributed by atoms with Gasteiger partial charge in [0.15, 0.2) is 16.8 Å². The van der Waals surface area contributed by atoms with E-state index in [2.05, 4.69) is 0 Å². The summed E-state index contributed by atoms with van der Waals surface area (Å²) in [5.41, 5.74) is 0.841. The lowest BCUT2D eigenvalue weighted by Gasteiger charge is -2.27. The molecule has 10 nitrogen and oxygen atoms in total. The second kappa shape index (κ2) is 10.1. The zero-order valence-electron chi connectivity index (χ0n) is 22.4. The van der Waals surface area contributed by atoms with Crippen molar-refractivity contribution >= 4 is 16.8 Å². The van der Waals surface area contributed by atoms with Gasteiger partial charge in [-0.2, -0.15) is 0 Å². The molecule has 0 saturated heterocycles. The number of phenolic OH excluding ortho intramolecular Hbond substituents is 4. The summed E-state index contributed by atoms with van der Waals surface area (Å²) in [5, 5.41) is 41.6. The van der Waals surface area contributed by atoms with Crippen LogP contribution in [0, 0.1) is 0 Å². The Labute approximate surface area is 238 Å². The van der Waals surface area contributed by atoms with Crippen LogP contribution in [0.1, 0.15) is 28.4 Å². The Balaban J connectivity index is 1.53. The number of ether oxygens (including phenoxy) is 3. The second-order valence-corrected chi connectivity index (χ2v) is 9.73. The number of Topliss-reactive ketones (excluding diaryl/α,β-unsaturated/α-hetero) is 1. The fraction of sp³-hybridized carbons (Fsp3) is 0.125. The molecule has 2 heterocycles. The number of benzene rings is 4. The third-order valence-corrected chi connectivity index (χ3v) is 7.19. The lowest BCUT2D eigenvalue weighted by molar-refractivity contribution is 0.0844. The Morgan fingerprint density at radius 3 is 2.26 bits per heavy atom. The van der Waals surface area contributed by atoms with Crippen LogP contribution in [0.5, 0.6) is 40.2 Å². The van der Waals surface area contributed by atoms with Crippen molar-refractivity contribution < 1.29 is 43.8 Å². The quantitative estimate of drug-likeness (QED) is 0.208. The van der Waals surface area contributed by atoms with Gasteiger partial charge in [-0.1, -0.05) is 6.07 Å². The first kappa shape index (κ1) is 26.6. The number of hydrogen-bond acceptors (Lipinski definition) is 10. The molecule has 1 atom stereocenters. The molecule has 0 amide bonds. The first-order chi connectivity index (χ1) is 20.2. The zero-order chi connectivity index (χ0) is 29.7. The van der Waals surface area contributed by atoms with E-state index in [9.17, 15) is 30.0 Å². The van der Waals surface area contributed by atoms with E-state index in [4.69, 9.17) is 18.6 Å². The molecule has 1 aliphatic rings. The molecule has 6 rings (SSSR count). The van der Waals surface area contributed by atoms with Crippen molar-refractivity contribution in [3.05, 3.63) is 88.1 Å². The van der Waals surface area contributed by atoms with Crippen molar-refractivity contribution in [2.45, 2.75) is 12.5 Å². The van der Waals surface area contributed by atoms with E-state index in [-0.39, 0.29) is 80.1 Å². The standard InChI is InChI=1S/C32H24O10/c1-39-18-10-21(35)30-22(36)12-26(41-28(30)11-18)16-5-8-20(34)19(9-16)29-27(40-2)14-24(38)31-23(37)13-25(42-32(29)31)15-3-6-17(33)7-4-15/h3-11,13-14,26,33-35,38H,12H2,1-2H3/t26-/m0/s1. The van der Waals surface area contributed by atoms with Gasteiger partial charge in [0.25, 0.3) is 0 Å². The van der Waals surface area contributed by atoms with Crippen LogP contribution >= 0.6 is 0 Å². The number of carbonyl (C=O) groups excluding carboxylic acids is 1. The van der Waals surface area contributed by atoms with Gasteiger partial charge >= 0.3 is 0 Å². The average Bonchev–Trinajstić information content (AvgIpc) is 2.97. The molecule has 0 fully saturated rings. The molecule has 0 bridgehead atoms. The number of hydrogen-bond donors (Lipinski definition) is 4. The molecule has 4 aromatic carbocycles. The fourth-order valence-electron chi connectivity index (χ4n) is 5.15. The van der Waals surface area contributed by atoms with Crippen LogP contribution in [-0.2, 0) is 0 Å². The van der Waals surface area contributed by atoms with Crippen LogP contribution in [0.15, 0.2) is 75.9 Å². The van der Waals surface area contributed by atoms with Gasteiger partial charge in [0.1, 0.15) is 63.1 Å². The van der Waals surface area contributed by atoms with Crippen LogP contribution in [0.3, 0.4) is 0 Å². The minimum absolute atomic E-state index is 0.0309. The normalized spacial score (nSPS) is 14.3. The highest BCUT2D eigenvalue weighted by Gasteiger charge is 2.32. The van der Waals surface area contributed by atoms with Crippen molar-refractivity contribution in [3.8, 4) is 62.7 Å². The third kappa shape index (κ3) is 4.39. The van der Waals surface area contributed by atoms with Crippen molar-refractivity contribution in [2.75, 3.05) is 14.2 Å². The molecular weight excluding hydrogens is 544 g/mol. The maximum absolute atomic E-state index is 13.2. The predicted octanol–water partition coefficient (Wildman–Crippen LogP) is 5.67. The number of carbonyl (C=O) groups is 1. The van der Waals surface area contributed by atoms with Crippen LogP contribution in [-0.4, -0.2) is 40.4 Å². The monoisotopic (exact) mass is 568 g/mol. The van der Waals surface area contributed by atoms with Crippen molar-refractivity contribution in [2.24, 2.45) is 0 Å². The number of fused-ring (bicyclic) bond motifs is 2. The Kier molecular flexibility index (Phi) is 6.38. The van der Waals surface area contributed by atoms with Crippen molar-refractivity contribution in [1.82, 2.24) is 0 Å². The van der Waals surface area contributed by atoms with E-state index >= 15 is 0 Å². The average molecular weight is 569 g/mol. The number of aromatic hydroxyl groups is 4. The summed E-state index contributed by atoms with van der Waals surface area (Å²) in [6.07, 6.45) is -0.880. The van der Waals surface area contributed by atoms with E-state index in [0.717, 1.165) is 0 Å². The fourth-order valence-corrected chi connectivity index (χ4v) is 5.15. The highest BCUT2D eigenvalue weighted by atomic mass is 16.5. The zero-order valence-corrected chi connectivity index (χ0v) is 22.4. The number of rotatable bonds is 5. The largest absolute Gasteiger partial charge is 0.508 e. The molecule has 42 heavy (non-hydrogen) atoms. The van der Waals surface area contributed by atoms with E-state index < -0.39 is 11.5 Å². The molecule has 10 heteroatoms. The van der Waals surface area contributed by atoms with E-state index in [0.29, 0.717) is 16.9 Å². The minimum Gasteiger partial charge on any atom is -0.508 e. The van der Waals surface area contributed by atoms with Crippen LogP contribution in [0.25, 0.3) is 33.4 Å². The topological polar surface area (TPSA) is 156 Å².